The van der Waals surface area contributed by atoms with Gasteiger partial charge in [-0.3, -0.25) is 4.90 Å². The maximum absolute atomic E-state index is 3.74. The lowest BCUT2D eigenvalue weighted by Gasteiger charge is -2.34. The maximum Gasteiger partial charge on any atom is 0.0226 e. The van der Waals surface area contributed by atoms with Crippen LogP contribution in [0.15, 0.2) is 0 Å². The van der Waals surface area contributed by atoms with Crippen LogP contribution in [-0.4, -0.2) is 61.7 Å². The van der Waals surface area contributed by atoms with E-state index in [0.717, 1.165) is 18.1 Å². The highest BCUT2D eigenvalue weighted by atomic mass is 15.3. The third-order valence-corrected chi connectivity index (χ3v) is 4.31. The predicted octanol–water partition coefficient (Wildman–Crippen LogP) is 1.93. The molecular weight excluding hydrogens is 222 g/mol. The molecule has 106 valence electrons. The number of nitrogens with one attached hydrogen (secondary N) is 1. The molecule has 0 bridgehead atoms. The van der Waals surface area contributed by atoms with Gasteiger partial charge in [0.2, 0.25) is 0 Å². The first-order valence-corrected chi connectivity index (χ1v) is 7.84. The monoisotopic (exact) mass is 253 g/mol. The molecule has 0 aromatic heterocycles. The van der Waals surface area contributed by atoms with E-state index >= 15 is 0 Å². The summed E-state index contributed by atoms with van der Waals surface area (Å²) >= 11 is 0. The Hall–Kier alpha value is -0.120. The van der Waals surface area contributed by atoms with E-state index in [1.807, 2.05) is 0 Å². The van der Waals surface area contributed by atoms with Crippen LogP contribution >= 0.6 is 0 Å². The highest BCUT2D eigenvalue weighted by molar-refractivity contribution is 4.89. The molecule has 0 radical (unpaired) electrons. The molecular formula is C15H31N3. The van der Waals surface area contributed by atoms with Gasteiger partial charge in [-0.05, 0) is 52.7 Å². The summed E-state index contributed by atoms with van der Waals surface area (Å²) in [7, 11) is 4.40. The standard InChI is InChI=1S/C15H31N3/c1-4-6-14(11-16-13-8-9-13)18-10-5-7-15(18)12-17(2)3/h13-16H,4-12H2,1-3H3. The summed E-state index contributed by atoms with van der Waals surface area (Å²) in [4.78, 5) is 5.14. The van der Waals surface area contributed by atoms with E-state index in [1.54, 1.807) is 0 Å². The Kier molecular flexibility index (Phi) is 5.46. The summed E-state index contributed by atoms with van der Waals surface area (Å²) in [6, 6.07) is 2.40. The van der Waals surface area contributed by atoms with Crippen LogP contribution in [0, 0.1) is 0 Å². The number of likely N-dealkylation sites (tertiary alicyclic amines) is 1. The topological polar surface area (TPSA) is 18.5 Å². The lowest BCUT2D eigenvalue weighted by molar-refractivity contribution is 0.142. The van der Waals surface area contributed by atoms with E-state index in [4.69, 9.17) is 0 Å². The zero-order chi connectivity index (χ0) is 13.0. The summed E-state index contributed by atoms with van der Waals surface area (Å²) in [5, 5.41) is 3.74. The number of hydrogen-bond donors (Lipinski definition) is 1. The van der Waals surface area contributed by atoms with Crippen LogP contribution < -0.4 is 5.32 Å². The fourth-order valence-corrected chi connectivity index (χ4v) is 3.26. The largest absolute Gasteiger partial charge is 0.312 e. The third kappa shape index (κ3) is 4.22. The summed E-state index contributed by atoms with van der Waals surface area (Å²) in [6.07, 6.45) is 8.25. The van der Waals surface area contributed by atoms with Gasteiger partial charge in [-0.15, -0.1) is 0 Å². The highest BCUT2D eigenvalue weighted by Crippen LogP contribution is 2.24. The SMILES string of the molecule is CCCC(CNC1CC1)N1CCCC1CN(C)C. The lowest BCUT2D eigenvalue weighted by Crippen LogP contribution is -2.48. The Morgan fingerprint density at radius 3 is 2.67 bits per heavy atom. The number of hydrogen-bond acceptors (Lipinski definition) is 3. The quantitative estimate of drug-likeness (QED) is 0.713. The van der Waals surface area contributed by atoms with Crippen molar-refractivity contribution in [2.24, 2.45) is 0 Å². The first-order valence-electron chi connectivity index (χ1n) is 7.84. The molecule has 1 heterocycles. The molecule has 0 aromatic rings. The molecule has 2 rings (SSSR count). The number of nitrogens with zero attached hydrogens (tertiary/aromatic N) is 2. The lowest BCUT2D eigenvalue weighted by atomic mass is 10.1. The fourth-order valence-electron chi connectivity index (χ4n) is 3.26. The van der Waals surface area contributed by atoms with Crippen molar-refractivity contribution in [2.75, 3.05) is 33.7 Å². The highest BCUT2D eigenvalue weighted by Gasteiger charge is 2.31. The Bertz CT molecular complexity index is 238. The molecule has 2 unspecified atom stereocenters. The smallest absolute Gasteiger partial charge is 0.0226 e. The van der Waals surface area contributed by atoms with Crippen LogP contribution in [0.1, 0.15) is 45.4 Å². The Morgan fingerprint density at radius 1 is 1.28 bits per heavy atom. The molecule has 2 aliphatic rings. The fraction of sp³-hybridized carbons (Fsp3) is 1.00. The minimum absolute atomic E-state index is 0.767. The first-order chi connectivity index (χ1) is 8.70. The summed E-state index contributed by atoms with van der Waals surface area (Å²) in [6.45, 7) is 6.07. The molecule has 2 fully saturated rings. The molecule has 1 aliphatic carbocycles. The molecule has 3 nitrogen and oxygen atoms in total. The average Bonchev–Trinajstić information content (AvgIpc) is 3.04. The van der Waals surface area contributed by atoms with Gasteiger partial charge in [-0.25, -0.2) is 0 Å². The van der Waals surface area contributed by atoms with Gasteiger partial charge >= 0.3 is 0 Å². The zero-order valence-corrected chi connectivity index (χ0v) is 12.5. The van der Waals surface area contributed by atoms with Crippen molar-refractivity contribution in [3.8, 4) is 0 Å². The van der Waals surface area contributed by atoms with Gasteiger partial charge in [0.05, 0.1) is 0 Å². The van der Waals surface area contributed by atoms with Crippen LogP contribution in [0.3, 0.4) is 0 Å². The van der Waals surface area contributed by atoms with Gasteiger partial charge in [-0.2, -0.15) is 0 Å². The Morgan fingerprint density at radius 2 is 2.06 bits per heavy atom. The molecule has 18 heavy (non-hydrogen) atoms. The summed E-state index contributed by atoms with van der Waals surface area (Å²) in [5.41, 5.74) is 0. The van der Waals surface area contributed by atoms with E-state index < -0.39 is 0 Å². The van der Waals surface area contributed by atoms with Crippen molar-refractivity contribution < 1.29 is 0 Å². The molecule has 1 saturated carbocycles. The molecule has 0 amide bonds. The van der Waals surface area contributed by atoms with Crippen molar-refractivity contribution in [3.05, 3.63) is 0 Å². The van der Waals surface area contributed by atoms with Crippen LogP contribution in [-0.2, 0) is 0 Å². The predicted molar refractivity (Wildman–Crippen MR) is 78.0 cm³/mol. The van der Waals surface area contributed by atoms with Gasteiger partial charge in [-0.1, -0.05) is 13.3 Å². The minimum Gasteiger partial charge on any atom is -0.312 e. The van der Waals surface area contributed by atoms with E-state index in [-0.39, 0.29) is 0 Å². The minimum atomic E-state index is 0.767. The van der Waals surface area contributed by atoms with Crippen LogP contribution in [0.5, 0.6) is 0 Å². The van der Waals surface area contributed by atoms with Crippen molar-refractivity contribution in [3.63, 3.8) is 0 Å². The van der Waals surface area contributed by atoms with Crippen LogP contribution in [0.25, 0.3) is 0 Å². The van der Waals surface area contributed by atoms with Gasteiger partial charge in [0, 0.05) is 31.2 Å². The molecule has 1 saturated heterocycles. The summed E-state index contributed by atoms with van der Waals surface area (Å²) in [5.74, 6) is 0. The molecule has 2 atom stereocenters. The van der Waals surface area contributed by atoms with E-state index in [9.17, 15) is 0 Å². The van der Waals surface area contributed by atoms with Crippen LogP contribution in [0.2, 0.25) is 0 Å². The van der Waals surface area contributed by atoms with Crippen molar-refractivity contribution in [1.29, 1.82) is 0 Å². The number of rotatable bonds is 8. The second kappa shape index (κ2) is 6.88. The van der Waals surface area contributed by atoms with Crippen molar-refractivity contribution in [1.82, 2.24) is 15.1 Å². The van der Waals surface area contributed by atoms with E-state index in [0.29, 0.717) is 0 Å². The third-order valence-electron chi connectivity index (χ3n) is 4.31. The van der Waals surface area contributed by atoms with Gasteiger partial charge in [0.1, 0.15) is 0 Å². The van der Waals surface area contributed by atoms with Gasteiger partial charge < -0.3 is 10.2 Å². The Labute approximate surface area is 113 Å². The van der Waals surface area contributed by atoms with E-state index in [1.165, 1.54) is 58.2 Å². The number of likely N-dealkylation sites (N-methyl/N-ethyl adjacent to an activating group) is 1. The summed E-state index contributed by atoms with van der Waals surface area (Å²) < 4.78 is 0. The van der Waals surface area contributed by atoms with Gasteiger partial charge in [0.25, 0.3) is 0 Å². The molecule has 0 spiro atoms. The second-order valence-electron chi connectivity index (χ2n) is 6.42. The molecule has 3 heteroatoms. The normalized spacial score (nSPS) is 27.0. The molecule has 1 aliphatic heterocycles. The van der Waals surface area contributed by atoms with E-state index in [2.05, 4.69) is 36.1 Å². The molecule has 0 aromatic carbocycles. The maximum atomic E-state index is 3.74. The zero-order valence-electron chi connectivity index (χ0n) is 12.5. The Balaban J connectivity index is 1.85. The van der Waals surface area contributed by atoms with Crippen molar-refractivity contribution in [2.45, 2.75) is 63.6 Å². The first kappa shape index (κ1) is 14.3. The second-order valence-corrected chi connectivity index (χ2v) is 6.42. The van der Waals surface area contributed by atoms with Crippen LogP contribution in [0.4, 0.5) is 0 Å². The van der Waals surface area contributed by atoms with Gasteiger partial charge in [0.15, 0.2) is 0 Å². The molecule has 1 N–H and O–H groups in total. The average molecular weight is 253 g/mol. The van der Waals surface area contributed by atoms with Crippen molar-refractivity contribution >= 4 is 0 Å².